The number of carbonyl (C=O) groups excluding carboxylic acids is 3. The van der Waals surface area contributed by atoms with Crippen molar-refractivity contribution in [3.63, 3.8) is 0 Å². The summed E-state index contributed by atoms with van der Waals surface area (Å²) in [6, 6.07) is 15.8. The molecule has 0 spiro atoms. The molecule has 0 amide bonds. The average molecular weight is 392 g/mol. The summed E-state index contributed by atoms with van der Waals surface area (Å²) in [6.07, 6.45) is 2.80. The Morgan fingerprint density at radius 1 is 0.862 bits per heavy atom. The number of Topliss-reactive ketones (excluding diaryl/α,β-unsaturated/α-hetero) is 2. The van der Waals surface area contributed by atoms with Crippen molar-refractivity contribution in [3.8, 4) is 5.75 Å². The molecule has 2 aliphatic rings. The molecule has 150 valence electrons. The molecule has 5 nitrogen and oxygen atoms in total. The topological polar surface area (TPSA) is 69.7 Å². The van der Waals surface area contributed by atoms with Crippen LogP contribution in [0.5, 0.6) is 5.75 Å². The number of carbonyl (C=O) groups is 3. The van der Waals surface area contributed by atoms with Gasteiger partial charge in [-0.25, -0.2) is 0 Å². The second-order valence-electron chi connectivity index (χ2n) is 7.87. The molecule has 2 saturated carbocycles. The number of ketones is 2. The highest BCUT2D eigenvalue weighted by molar-refractivity contribution is 6.01. The van der Waals surface area contributed by atoms with Crippen LogP contribution in [0.1, 0.15) is 40.0 Å². The quantitative estimate of drug-likeness (QED) is 0.527. The molecule has 2 aliphatic carbocycles. The molecule has 0 unspecified atom stereocenters. The molecule has 0 heterocycles. The molecule has 4 rings (SSSR count). The highest BCUT2D eigenvalue weighted by Crippen LogP contribution is 2.53. The maximum Gasteiger partial charge on any atom is 0.310 e. The van der Waals surface area contributed by atoms with Crippen molar-refractivity contribution in [2.24, 2.45) is 23.7 Å². The third-order valence-corrected chi connectivity index (χ3v) is 6.31. The fourth-order valence-electron chi connectivity index (χ4n) is 4.90. The van der Waals surface area contributed by atoms with Gasteiger partial charge < -0.3 is 9.47 Å². The predicted molar refractivity (Wildman–Crippen MR) is 107 cm³/mol. The van der Waals surface area contributed by atoms with E-state index in [1.54, 1.807) is 43.5 Å². The highest BCUT2D eigenvalue weighted by atomic mass is 16.5. The second kappa shape index (κ2) is 8.19. The molecule has 0 saturated heterocycles. The standard InChI is InChI=1S/C24H24O5/c1-28-19-11-9-15(10-12-19)20(25)14-29-24(27)22-18-8-7-17(13-18)21(22)23(26)16-5-3-2-4-6-16/h2-6,9-12,17-18,21-22H,7-8,13-14H2,1H3/t17-,18+,21-,22-/m1/s1. The van der Waals surface area contributed by atoms with Crippen molar-refractivity contribution in [2.45, 2.75) is 19.3 Å². The van der Waals surface area contributed by atoms with Crippen LogP contribution in [0.2, 0.25) is 0 Å². The lowest BCUT2D eigenvalue weighted by Crippen LogP contribution is -2.36. The van der Waals surface area contributed by atoms with Crippen LogP contribution in [0.3, 0.4) is 0 Å². The highest BCUT2D eigenvalue weighted by Gasteiger charge is 2.54. The van der Waals surface area contributed by atoms with E-state index in [4.69, 9.17) is 9.47 Å². The van der Waals surface area contributed by atoms with E-state index in [0.717, 1.165) is 19.3 Å². The van der Waals surface area contributed by atoms with Crippen molar-refractivity contribution < 1.29 is 23.9 Å². The Balaban J connectivity index is 1.43. The SMILES string of the molecule is COc1ccc(C(=O)COC(=O)[C@@H]2[C@H]3CC[C@H](C3)[C@H]2C(=O)c2ccccc2)cc1. The van der Waals surface area contributed by atoms with E-state index in [0.29, 0.717) is 16.9 Å². The summed E-state index contributed by atoms with van der Waals surface area (Å²) in [4.78, 5) is 38.3. The number of methoxy groups -OCH3 is 1. The zero-order valence-corrected chi connectivity index (χ0v) is 16.4. The van der Waals surface area contributed by atoms with Crippen LogP contribution < -0.4 is 4.74 Å². The molecule has 2 aromatic rings. The van der Waals surface area contributed by atoms with E-state index < -0.39 is 11.9 Å². The minimum Gasteiger partial charge on any atom is -0.497 e. The van der Waals surface area contributed by atoms with E-state index in [9.17, 15) is 14.4 Å². The molecule has 2 aromatic carbocycles. The zero-order valence-electron chi connectivity index (χ0n) is 16.4. The van der Waals surface area contributed by atoms with E-state index in [1.807, 2.05) is 18.2 Å². The summed E-state index contributed by atoms with van der Waals surface area (Å²) in [6.45, 7) is -0.314. The monoisotopic (exact) mass is 392 g/mol. The molecule has 0 N–H and O–H groups in total. The van der Waals surface area contributed by atoms with Crippen LogP contribution in [0, 0.1) is 23.7 Å². The molecule has 5 heteroatoms. The summed E-state index contributed by atoms with van der Waals surface area (Å²) in [5, 5.41) is 0. The smallest absolute Gasteiger partial charge is 0.310 e. The zero-order chi connectivity index (χ0) is 20.4. The largest absolute Gasteiger partial charge is 0.497 e. The third kappa shape index (κ3) is 3.82. The lowest BCUT2D eigenvalue weighted by atomic mass is 9.75. The molecule has 2 fully saturated rings. The van der Waals surface area contributed by atoms with Crippen LogP contribution >= 0.6 is 0 Å². The summed E-state index contributed by atoms with van der Waals surface area (Å²) < 4.78 is 10.5. The Bertz CT molecular complexity index is 903. The van der Waals surface area contributed by atoms with Crippen molar-refractivity contribution in [1.82, 2.24) is 0 Å². The van der Waals surface area contributed by atoms with Gasteiger partial charge in [0.15, 0.2) is 18.2 Å². The van der Waals surface area contributed by atoms with Crippen LogP contribution in [0.15, 0.2) is 54.6 Å². The van der Waals surface area contributed by atoms with Gasteiger partial charge in [-0.1, -0.05) is 30.3 Å². The summed E-state index contributed by atoms with van der Waals surface area (Å²) >= 11 is 0. The van der Waals surface area contributed by atoms with Crippen LogP contribution in [-0.2, 0) is 9.53 Å². The number of esters is 1. The first-order valence-corrected chi connectivity index (χ1v) is 10.0. The lowest BCUT2D eigenvalue weighted by Gasteiger charge is -2.28. The molecular formula is C24H24O5. The first-order chi connectivity index (χ1) is 14.1. The fraction of sp³-hybridized carbons (Fsp3) is 0.375. The first kappa shape index (κ1) is 19.4. The Morgan fingerprint density at radius 2 is 1.52 bits per heavy atom. The molecule has 0 aromatic heterocycles. The average Bonchev–Trinajstić information content (AvgIpc) is 3.39. The molecular weight excluding hydrogens is 368 g/mol. The predicted octanol–water partition coefficient (Wildman–Crippen LogP) is 3.97. The van der Waals surface area contributed by atoms with Crippen molar-refractivity contribution >= 4 is 17.5 Å². The van der Waals surface area contributed by atoms with Gasteiger partial charge in [0.05, 0.1) is 13.0 Å². The summed E-state index contributed by atoms with van der Waals surface area (Å²) in [5.74, 6) is -0.430. The fourth-order valence-corrected chi connectivity index (χ4v) is 4.90. The molecule has 0 aliphatic heterocycles. The molecule has 29 heavy (non-hydrogen) atoms. The van der Waals surface area contributed by atoms with Gasteiger partial charge >= 0.3 is 5.97 Å². The molecule has 4 atom stereocenters. The summed E-state index contributed by atoms with van der Waals surface area (Å²) in [5.41, 5.74) is 1.10. The Hall–Kier alpha value is -2.95. The number of rotatable bonds is 7. The van der Waals surface area contributed by atoms with Gasteiger partial charge in [-0.15, -0.1) is 0 Å². The van der Waals surface area contributed by atoms with Gasteiger partial charge in [0.1, 0.15) is 5.75 Å². The normalized spacial score (nSPS) is 24.9. The van der Waals surface area contributed by atoms with Crippen molar-refractivity contribution in [3.05, 3.63) is 65.7 Å². The Kier molecular flexibility index (Phi) is 5.47. The van der Waals surface area contributed by atoms with Gasteiger partial charge in [0, 0.05) is 17.0 Å². The number of hydrogen-bond acceptors (Lipinski definition) is 5. The number of fused-ring (bicyclic) bond motifs is 2. The van der Waals surface area contributed by atoms with E-state index in [1.165, 1.54) is 0 Å². The van der Waals surface area contributed by atoms with Crippen LogP contribution in [0.25, 0.3) is 0 Å². The lowest BCUT2D eigenvalue weighted by molar-refractivity contribution is -0.150. The number of ether oxygens (including phenoxy) is 2. The minimum atomic E-state index is -0.454. The first-order valence-electron chi connectivity index (χ1n) is 10.0. The Morgan fingerprint density at radius 3 is 2.17 bits per heavy atom. The minimum absolute atomic E-state index is 0.0150. The van der Waals surface area contributed by atoms with Crippen LogP contribution in [0.4, 0.5) is 0 Å². The molecule has 0 radical (unpaired) electrons. The van der Waals surface area contributed by atoms with Gasteiger partial charge in [0.2, 0.25) is 0 Å². The number of hydrogen-bond donors (Lipinski definition) is 0. The van der Waals surface area contributed by atoms with Crippen LogP contribution in [-0.4, -0.2) is 31.3 Å². The second-order valence-corrected chi connectivity index (χ2v) is 7.87. The maximum atomic E-state index is 13.1. The molecule has 2 bridgehead atoms. The van der Waals surface area contributed by atoms with Gasteiger partial charge in [-0.2, -0.15) is 0 Å². The maximum absolute atomic E-state index is 13.1. The third-order valence-electron chi connectivity index (χ3n) is 6.31. The summed E-state index contributed by atoms with van der Waals surface area (Å²) in [7, 11) is 1.56. The van der Waals surface area contributed by atoms with Gasteiger partial charge in [0.25, 0.3) is 0 Å². The van der Waals surface area contributed by atoms with E-state index >= 15 is 0 Å². The van der Waals surface area contributed by atoms with Crippen molar-refractivity contribution in [1.29, 1.82) is 0 Å². The van der Waals surface area contributed by atoms with E-state index in [-0.39, 0.29) is 35.9 Å². The van der Waals surface area contributed by atoms with Crippen molar-refractivity contribution in [2.75, 3.05) is 13.7 Å². The van der Waals surface area contributed by atoms with Gasteiger partial charge in [-0.05, 0) is 55.4 Å². The van der Waals surface area contributed by atoms with Gasteiger partial charge in [-0.3, -0.25) is 14.4 Å². The van der Waals surface area contributed by atoms with E-state index in [2.05, 4.69) is 0 Å². The Labute approximate surface area is 170 Å². The number of benzene rings is 2.